The van der Waals surface area contributed by atoms with Gasteiger partial charge in [0, 0.05) is 16.3 Å². The van der Waals surface area contributed by atoms with Gasteiger partial charge in [-0.2, -0.15) is 0 Å². The van der Waals surface area contributed by atoms with Gasteiger partial charge in [-0.1, -0.05) is 41.9 Å². The molecule has 144 valence electrons. The lowest BCUT2D eigenvalue weighted by molar-refractivity contribution is -0.132. The van der Waals surface area contributed by atoms with Crippen molar-refractivity contribution in [2.75, 3.05) is 4.90 Å². The molecular formula is C23H15ClFNO3. The van der Waals surface area contributed by atoms with Crippen LogP contribution in [0, 0.1) is 5.82 Å². The molecule has 0 aromatic heterocycles. The number of hydrogen-bond donors (Lipinski definition) is 1. The van der Waals surface area contributed by atoms with E-state index < -0.39 is 23.5 Å². The number of benzene rings is 3. The molecule has 1 aliphatic heterocycles. The second kappa shape index (κ2) is 7.53. The first-order valence-electron chi connectivity index (χ1n) is 8.85. The average Bonchev–Trinajstić information content (AvgIpc) is 3.00. The number of carbonyl (C=O) groups is 2. The van der Waals surface area contributed by atoms with Gasteiger partial charge in [-0.15, -0.1) is 0 Å². The number of Topliss-reactive ketones (excluding diaryl/α,β-unsaturated/α-hetero) is 1. The van der Waals surface area contributed by atoms with Crippen molar-refractivity contribution in [3.05, 3.63) is 106 Å². The smallest absolute Gasteiger partial charge is 0.300 e. The Hall–Kier alpha value is -3.44. The van der Waals surface area contributed by atoms with Gasteiger partial charge in [0.1, 0.15) is 11.6 Å². The van der Waals surface area contributed by atoms with E-state index in [1.54, 1.807) is 54.6 Å². The van der Waals surface area contributed by atoms with Crippen LogP contribution < -0.4 is 4.90 Å². The third-order valence-corrected chi connectivity index (χ3v) is 5.03. The molecule has 1 fully saturated rings. The Kier molecular flexibility index (Phi) is 4.91. The minimum Gasteiger partial charge on any atom is -0.507 e. The first-order valence-corrected chi connectivity index (χ1v) is 9.22. The number of halogens is 2. The number of rotatable bonds is 3. The second-order valence-corrected chi connectivity index (χ2v) is 7.00. The summed E-state index contributed by atoms with van der Waals surface area (Å²) >= 11 is 5.91. The van der Waals surface area contributed by atoms with Crippen molar-refractivity contribution in [2.45, 2.75) is 6.04 Å². The zero-order valence-electron chi connectivity index (χ0n) is 15.0. The Labute approximate surface area is 171 Å². The Morgan fingerprint density at radius 3 is 2.14 bits per heavy atom. The first-order chi connectivity index (χ1) is 14.0. The summed E-state index contributed by atoms with van der Waals surface area (Å²) in [5.74, 6) is -2.33. The molecule has 3 aromatic carbocycles. The maximum Gasteiger partial charge on any atom is 0.300 e. The molecule has 1 aliphatic rings. The molecule has 6 heteroatoms. The van der Waals surface area contributed by atoms with Crippen LogP contribution in [0.5, 0.6) is 0 Å². The predicted octanol–water partition coefficient (Wildman–Crippen LogP) is 5.11. The Balaban J connectivity index is 1.94. The summed E-state index contributed by atoms with van der Waals surface area (Å²) in [6, 6.07) is 19.6. The SMILES string of the molecule is O=C1C(=O)N(c2ccccc2)[C@H](c2ccc(F)cc2)C1=C(O)c1ccc(Cl)cc1. The normalized spacial score (nSPS) is 18.3. The van der Waals surface area contributed by atoms with Crippen molar-refractivity contribution in [3.63, 3.8) is 0 Å². The lowest BCUT2D eigenvalue weighted by atomic mass is 9.95. The van der Waals surface area contributed by atoms with Gasteiger partial charge in [0.2, 0.25) is 0 Å². The van der Waals surface area contributed by atoms with Crippen molar-refractivity contribution in [2.24, 2.45) is 0 Å². The number of aliphatic hydroxyl groups is 1. The van der Waals surface area contributed by atoms with E-state index in [4.69, 9.17) is 11.6 Å². The van der Waals surface area contributed by atoms with Gasteiger partial charge >= 0.3 is 0 Å². The summed E-state index contributed by atoms with van der Waals surface area (Å²) in [6.07, 6.45) is 0. The molecule has 1 heterocycles. The van der Waals surface area contributed by atoms with E-state index in [-0.39, 0.29) is 11.3 Å². The fourth-order valence-electron chi connectivity index (χ4n) is 3.41. The van der Waals surface area contributed by atoms with Gasteiger partial charge < -0.3 is 5.11 Å². The van der Waals surface area contributed by atoms with Crippen molar-refractivity contribution in [1.82, 2.24) is 0 Å². The lowest BCUT2D eigenvalue weighted by Gasteiger charge is -2.25. The van der Waals surface area contributed by atoms with Gasteiger partial charge in [-0.25, -0.2) is 4.39 Å². The summed E-state index contributed by atoms with van der Waals surface area (Å²) in [5.41, 5.74) is 1.30. The third kappa shape index (κ3) is 3.41. The minimum absolute atomic E-state index is 0.0622. The lowest BCUT2D eigenvalue weighted by Crippen LogP contribution is -2.29. The Morgan fingerprint density at radius 1 is 0.897 bits per heavy atom. The van der Waals surface area contributed by atoms with Crippen LogP contribution >= 0.6 is 11.6 Å². The number of carbonyl (C=O) groups excluding carboxylic acids is 2. The molecule has 1 N–H and O–H groups in total. The van der Waals surface area contributed by atoms with Crippen LogP contribution in [0.3, 0.4) is 0 Å². The Bertz CT molecular complexity index is 1110. The molecule has 1 amide bonds. The van der Waals surface area contributed by atoms with Crippen LogP contribution in [0.4, 0.5) is 10.1 Å². The number of hydrogen-bond acceptors (Lipinski definition) is 3. The Morgan fingerprint density at radius 2 is 1.52 bits per heavy atom. The largest absolute Gasteiger partial charge is 0.507 e. The van der Waals surface area contributed by atoms with Crippen molar-refractivity contribution < 1.29 is 19.1 Å². The standard InChI is InChI=1S/C23H15ClFNO3/c24-16-10-6-15(7-11-16)21(27)19-20(14-8-12-17(25)13-9-14)26(23(29)22(19)28)18-4-2-1-3-5-18/h1-13,20,27H/t20-/m1/s1. The summed E-state index contributed by atoms with van der Waals surface area (Å²) in [7, 11) is 0. The highest BCUT2D eigenvalue weighted by molar-refractivity contribution is 6.51. The first kappa shape index (κ1) is 18.9. The minimum atomic E-state index is -0.895. The molecular weight excluding hydrogens is 393 g/mol. The maximum absolute atomic E-state index is 13.5. The topological polar surface area (TPSA) is 57.6 Å². The van der Waals surface area contributed by atoms with E-state index in [0.717, 1.165) is 0 Å². The quantitative estimate of drug-likeness (QED) is 0.373. The van der Waals surface area contributed by atoms with E-state index >= 15 is 0 Å². The van der Waals surface area contributed by atoms with Crippen LogP contribution in [-0.4, -0.2) is 16.8 Å². The molecule has 4 nitrogen and oxygen atoms in total. The number of anilines is 1. The molecule has 0 spiro atoms. The molecule has 1 saturated heterocycles. The van der Waals surface area contributed by atoms with Crippen LogP contribution in [-0.2, 0) is 9.59 Å². The molecule has 0 bridgehead atoms. The van der Waals surface area contributed by atoms with Crippen LogP contribution in [0.25, 0.3) is 5.76 Å². The molecule has 0 aliphatic carbocycles. The maximum atomic E-state index is 13.5. The van der Waals surface area contributed by atoms with Gasteiger partial charge in [0.15, 0.2) is 0 Å². The van der Waals surface area contributed by atoms with Gasteiger partial charge in [0.25, 0.3) is 11.7 Å². The van der Waals surface area contributed by atoms with Crippen LogP contribution in [0.1, 0.15) is 17.2 Å². The highest BCUT2D eigenvalue weighted by Gasteiger charge is 2.46. The van der Waals surface area contributed by atoms with E-state index in [1.807, 2.05) is 0 Å². The third-order valence-electron chi connectivity index (χ3n) is 4.78. The number of aliphatic hydroxyl groups excluding tert-OH is 1. The van der Waals surface area contributed by atoms with Crippen LogP contribution in [0.2, 0.25) is 5.02 Å². The zero-order valence-corrected chi connectivity index (χ0v) is 15.8. The van der Waals surface area contributed by atoms with Gasteiger partial charge in [-0.05, 0) is 54.1 Å². The van der Waals surface area contributed by atoms with Crippen LogP contribution in [0.15, 0.2) is 84.4 Å². The summed E-state index contributed by atoms with van der Waals surface area (Å²) in [4.78, 5) is 27.1. The average molecular weight is 408 g/mol. The predicted molar refractivity (Wildman–Crippen MR) is 109 cm³/mol. The molecule has 0 radical (unpaired) electrons. The highest BCUT2D eigenvalue weighted by Crippen LogP contribution is 2.42. The van der Waals surface area contributed by atoms with Crippen molar-refractivity contribution in [1.29, 1.82) is 0 Å². The summed E-state index contributed by atoms with van der Waals surface area (Å²) in [5, 5.41) is 11.4. The second-order valence-electron chi connectivity index (χ2n) is 6.56. The monoisotopic (exact) mass is 407 g/mol. The fraction of sp³-hybridized carbons (Fsp3) is 0.0435. The zero-order chi connectivity index (χ0) is 20.5. The van der Waals surface area contributed by atoms with Gasteiger partial charge in [-0.3, -0.25) is 14.5 Å². The molecule has 4 rings (SSSR count). The van der Waals surface area contributed by atoms with Gasteiger partial charge in [0.05, 0.1) is 11.6 Å². The number of ketones is 1. The molecule has 29 heavy (non-hydrogen) atoms. The number of nitrogens with zero attached hydrogens (tertiary/aromatic N) is 1. The fourth-order valence-corrected chi connectivity index (χ4v) is 3.54. The van der Waals surface area contributed by atoms with Crippen molar-refractivity contribution >= 4 is 34.7 Å². The highest BCUT2D eigenvalue weighted by atomic mass is 35.5. The van der Waals surface area contributed by atoms with E-state index in [1.165, 1.54) is 29.2 Å². The summed E-state index contributed by atoms with van der Waals surface area (Å²) < 4.78 is 13.5. The molecule has 0 unspecified atom stereocenters. The van der Waals surface area contributed by atoms with Crippen molar-refractivity contribution in [3.8, 4) is 0 Å². The van der Waals surface area contributed by atoms with E-state index in [0.29, 0.717) is 21.8 Å². The molecule has 1 atom stereocenters. The number of amides is 1. The van der Waals surface area contributed by atoms with E-state index in [2.05, 4.69) is 0 Å². The summed E-state index contributed by atoms with van der Waals surface area (Å²) in [6.45, 7) is 0. The van der Waals surface area contributed by atoms with E-state index in [9.17, 15) is 19.1 Å². The molecule has 0 saturated carbocycles. The number of para-hydroxylation sites is 1. The molecule has 3 aromatic rings.